The van der Waals surface area contributed by atoms with Gasteiger partial charge in [-0.05, 0) is 28.9 Å². The van der Waals surface area contributed by atoms with Gasteiger partial charge in [0, 0.05) is 47.6 Å². The highest BCUT2D eigenvalue weighted by Gasteiger charge is 2.22. The first-order valence-electron chi connectivity index (χ1n) is 10.5. The van der Waals surface area contributed by atoms with Gasteiger partial charge in [-0.1, -0.05) is 6.07 Å². The number of hydrogen-bond donors (Lipinski definition) is 1. The average Bonchev–Trinajstić information content (AvgIpc) is 2.86. The van der Waals surface area contributed by atoms with Crippen LogP contribution >= 0.6 is 15.9 Å². The molecule has 0 unspecified atom stereocenters. The van der Waals surface area contributed by atoms with Crippen LogP contribution in [0, 0.1) is 28.4 Å². The van der Waals surface area contributed by atoms with Crippen LogP contribution in [-0.2, 0) is 27.4 Å². The van der Waals surface area contributed by atoms with Crippen molar-refractivity contribution in [2.24, 2.45) is 5.10 Å². The number of anilines is 1. The Labute approximate surface area is 209 Å². The van der Waals surface area contributed by atoms with Crippen LogP contribution in [0.3, 0.4) is 0 Å². The quantitative estimate of drug-likeness (QED) is 0.299. The number of nitro benzene ring substituents is 1. The van der Waals surface area contributed by atoms with Crippen LogP contribution in [0.5, 0.6) is 0 Å². The van der Waals surface area contributed by atoms with Gasteiger partial charge in [0.25, 0.3) is 17.2 Å². The number of aromatic nitrogens is 1. The Bertz CT molecular complexity index is 1260. The molecule has 1 N–H and O–H groups in total. The number of carbonyl (C=O) groups is 1. The maximum atomic E-state index is 12.7. The Kier molecular flexibility index (Phi) is 8.69. The molecule has 13 heteroatoms. The SMILES string of the molecule is COCc1c(Br)c(C)n(CC(=O)N/N=C\c2ccc(N3CCOCC3)c([N+](=O)[O-])c2)c(=O)c1C#N. The molecule has 2 heterocycles. The molecular formula is C22H23BrN6O6. The normalized spacial score (nSPS) is 13.6. The van der Waals surface area contributed by atoms with E-state index in [4.69, 9.17) is 9.47 Å². The Morgan fingerprint density at radius 2 is 2.14 bits per heavy atom. The van der Waals surface area contributed by atoms with Crippen molar-refractivity contribution in [1.29, 1.82) is 5.26 Å². The summed E-state index contributed by atoms with van der Waals surface area (Å²) in [6.07, 6.45) is 1.28. The van der Waals surface area contributed by atoms with Gasteiger partial charge in [-0.25, -0.2) is 5.43 Å². The molecule has 1 aliphatic heterocycles. The lowest BCUT2D eigenvalue weighted by Crippen LogP contribution is -2.36. The molecule has 3 rings (SSSR count). The molecular weight excluding hydrogens is 524 g/mol. The lowest BCUT2D eigenvalue weighted by Gasteiger charge is -2.28. The minimum absolute atomic E-state index is 0.0628. The van der Waals surface area contributed by atoms with E-state index in [1.54, 1.807) is 19.1 Å². The Hall–Kier alpha value is -3.60. The lowest BCUT2D eigenvalue weighted by atomic mass is 10.1. The molecule has 1 aromatic carbocycles. The van der Waals surface area contributed by atoms with Crippen LogP contribution in [0.15, 0.2) is 32.6 Å². The highest BCUT2D eigenvalue weighted by atomic mass is 79.9. The molecule has 1 aromatic heterocycles. The molecule has 0 saturated carbocycles. The van der Waals surface area contributed by atoms with Crippen molar-refractivity contribution in [3.8, 4) is 6.07 Å². The van der Waals surface area contributed by atoms with E-state index in [-0.39, 0.29) is 24.4 Å². The van der Waals surface area contributed by atoms with Crippen LogP contribution in [0.25, 0.3) is 0 Å². The molecule has 35 heavy (non-hydrogen) atoms. The molecule has 0 bridgehead atoms. The third-order valence-corrected chi connectivity index (χ3v) is 6.45. The number of hydrazone groups is 1. The molecule has 0 aliphatic carbocycles. The minimum Gasteiger partial charge on any atom is -0.380 e. The fourth-order valence-corrected chi connectivity index (χ4v) is 4.17. The number of hydrogen-bond acceptors (Lipinski definition) is 9. The Morgan fingerprint density at radius 3 is 2.77 bits per heavy atom. The zero-order chi connectivity index (χ0) is 25.5. The smallest absolute Gasteiger partial charge is 0.293 e. The number of carbonyl (C=O) groups excluding carboxylic acids is 1. The van der Waals surface area contributed by atoms with Crippen molar-refractivity contribution in [2.75, 3.05) is 38.3 Å². The number of morpholine rings is 1. The minimum atomic E-state index is -0.617. The monoisotopic (exact) mass is 546 g/mol. The van der Waals surface area contributed by atoms with E-state index in [1.165, 1.54) is 19.4 Å². The van der Waals surface area contributed by atoms with Crippen LogP contribution in [0.4, 0.5) is 11.4 Å². The summed E-state index contributed by atoms with van der Waals surface area (Å²) >= 11 is 3.37. The maximum absolute atomic E-state index is 12.7. The van der Waals surface area contributed by atoms with Gasteiger partial charge in [0.15, 0.2) is 0 Å². The number of ether oxygens (including phenoxy) is 2. The molecule has 1 saturated heterocycles. The number of nitro groups is 1. The Balaban J connectivity index is 1.75. The van der Waals surface area contributed by atoms with Gasteiger partial charge in [0.05, 0.1) is 31.0 Å². The summed E-state index contributed by atoms with van der Waals surface area (Å²) in [4.78, 5) is 38.2. The number of nitrogens with one attached hydrogen (secondary N) is 1. The zero-order valence-corrected chi connectivity index (χ0v) is 20.7. The van der Waals surface area contributed by atoms with E-state index in [0.29, 0.717) is 53.3 Å². The second-order valence-electron chi connectivity index (χ2n) is 7.59. The predicted octanol–water partition coefficient (Wildman–Crippen LogP) is 1.83. The first kappa shape index (κ1) is 26.0. The molecule has 1 fully saturated rings. The van der Waals surface area contributed by atoms with E-state index in [1.807, 2.05) is 11.0 Å². The van der Waals surface area contributed by atoms with Crippen molar-refractivity contribution in [2.45, 2.75) is 20.1 Å². The Morgan fingerprint density at radius 1 is 1.43 bits per heavy atom. The predicted molar refractivity (Wildman–Crippen MR) is 130 cm³/mol. The molecule has 0 atom stereocenters. The van der Waals surface area contributed by atoms with Gasteiger partial charge in [-0.15, -0.1) is 0 Å². The van der Waals surface area contributed by atoms with Crippen LogP contribution < -0.4 is 15.9 Å². The van der Waals surface area contributed by atoms with Gasteiger partial charge in [0.1, 0.15) is 23.9 Å². The van der Waals surface area contributed by atoms with Gasteiger partial charge in [-0.3, -0.25) is 19.7 Å². The fraction of sp³-hybridized carbons (Fsp3) is 0.364. The van der Waals surface area contributed by atoms with E-state index in [2.05, 4.69) is 26.5 Å². The van der Waals surface area contributed by atoms with Crippen LogP contribution in [0.2, 0.25) is 0 Å². The summed E-state index contributed by atoms with van der Waals surface area (Å²) in [5.74, 6) is -0.610. The maximum Gasteiger partial charge on any atom is 0.293 e. The first-order valence-corrected chi connectivity index (χ1v) is 11.3. The zero-order valence-electron chi connectivity index (χ0n) is 19.1. The third kappa shape index (κ3) is 5.91. The number of halogens is 1. The summed E-state index contributed by atoms with van der Waals surface area (Å²) in [5, 5.41) is 24.8. The van der Waals surface area contributed by atoms with E-state index < -0.39 is 16.4 Å². The van der Waals surface area contributed by atoms with Crippen molar-refractivity contribution < 1.29 is 19.2 Å². The number of benzene rings is 1. The third-order valence-electron chi connectivity index (χ3n) is 5.40. The highest BCUT2D eigenvalue weighted by molar-refractivity contribution is 9.10. The number of nitrogens with zero attached hydrogens (tertiary/aromatic N) is 5. The molecule has 0 spiro atoms. The van der Waals surface area contributed by atoms with Crippen molar-refractivity contribution >= 4 is 39.4 Å². The summed E-state index contributed by atoms with van der Waals surface area (Å²) in [6, 6.07) is 6.54. The van der Waals surface area contributed by atoms with Gasteiger partial charge >= 0.3 is 0 Å². The van der Waals surface area contributed by atoms with Crippen molar-refractivity contribution in [1.82, 2.24) is 9.99 Å². The second-order valence-corrected chi connectivity index (χ2v) is 8.38. The topological polar surface area (TPSA) is 152 Å². The molecule has 1 aliphatic rings. The largest absolute Gasteiger partial charge is 0.380 e. The average molecular weight is 547 g/mol. The van der Waals surface area contributed by atoms with E-state index in [0.717, 1.165) is 4.57 Å². The van der Waals surface area contributed by atoms with E-state index in [9.17, 15) is 25.0 Å². The molecule has 2 aromatic rings. The number of pyridine rings is 1. The van der Waals surface area contributed by atoms with Gasteiger partial charge in [0.2, 0.25) is 0 Å². The number of methoxy groups -OCH3 is 1. The summed E-state index contributed by atoms with van der Waals surface area (Å²) in [6.45, 7) is 3.43. The number of rotatable bonds is 8. The standard InChI is InChI=1S/C22H23BrN6O6/c1-14-21(23)17(13-34-2)16(10-24)22(31)28(14)12-20(30)26-25-11-15-3-4-18(19(9-15)29(32)33)27-5-7-35-8-6-27/h3-4,9,11H,5-8,12-13H2,1-2H3,(H,26,30)/b25-11-. The number of nitriles is 1. The highest BCUT2D eigenvalue weighted by Crippen LogP contribution is 2.29. The second kappa shape index (κ2) is 11.7. The van der Waals surface area contributed by atoms with Crippen molar-refractivity contribution in [3.05, 3.63) is 65.5 Å². The fourth-order valence-electron chi connectivity index (χ4n) is 3.64. The molecule has 12 nitrogen and oxygen atoms in total. The molecule has 0 radical (unpaired) electrons. The van der Waals surface area contributed by atoms with Gasteiger partial charge in [-0.2, -0.15) is 10.4 Å². The van der Waals surface area contributed by atoms with Crippen molar-refractivity contribution in [3.63, 3.8) is 0 Å². The lowest BCUT2D eigenvalue weighted by molar-refractivity contribution is -0.384. The summed E-state index contributed by atoms with van der Waals surface area (Å²) in [5.41, 5.74) is 3.27. The number of amides is 1. The first-order chi connectivity index (χ1) is 16.8. The summed E-state index contributed by atoms with van der Waals surface area (Å²) in [7, 11) is 1.45. The van der Waals surface area contributed by atoms with Crippen LogP contribution in [-0.4, -0.2) is 55.0 Å². The summed E-state index contributed by atoms with van der Waals surface area (Å²) < 4.78 is 12.0. The molecule has 184 valence electrons. The van der Waals surface area contributed by atoms with E-state index >= 15 is 0 Å². The molecule has 1 amide bonds. The van der Waals surface area contributed by atoms with Gasteiger partial charge < -0.3 is 18.9 Å². The van der Waals surface area contributed by atoms with Crippen LogP contribution in [0.1, 0.15) is 22.4 Å².